The molecule has 1 aliphatic heterocycles. The summed E-state index contributed by atoms with van der Waals surface area (Å²) >= 11 is 0. The molecule has 0 aromatic heterocycles. The van der Waals surface area contributed by atoms with Crippen LogP contribution in [0.25, 0.3) is 5.53 Å². The predicted molar refractivity (Wildman–Crippen MR) is 92.9 cm³/mol. The minimum absolute atomic E-state index is 0.133. The Morgan fingerprint density at radius 3 is 2.50 bits per heavy atom. The lowest BCUT2D eigenvalue weighted by Crippen LogP contribution is -2.70. The highest BCUT2D eigenvalue weighted by Gasteiger charge is 2.55. The number of nitrogens with zero attached hydrogens (tertiary/aromatic N) is 3. The van der Waals surface area contributed by atoms with E-state index in [0.717, 1.165) is 0 Å². The van der Waals surface area contributed by atoms with Crippen molar-refractivity contribution < 1.29 is 33.9 Å². The van der Waals surface area contributed by atoms with E-state index in [4.69, 9.17) is 10.3 Å². The van der Waals surface area contributed by atoms with Gasteiger partial charge in [0.05, 0.1) is 22.5 Å². The second kappa shape index (κ2) is 8.07. The van der Waals surface area contributed by atoms with Crippen molar-refractivity contribution in [3.05, 3.63) is 45.5 Å². The molecule has 2 N–H and O–H groups in total. The maximum absolute atomic E-state index is 12.3. The van der Waals surface area contributed by atoms with Crippen LogP contribution in [0.2, 0.25) is 0 Å². The average molecular weight is 390 g/mol. The summed E-state index contributed by atoms with van der Waals surface area (Å²) in [5.74, 6) is -2.48. The third kappa shape index (κ3) is 3.95. The molecule has 11 heteroatoms. The van der Waals surface area contributed by atoms with Gasteiger partial charge < -0.3 is 20.7 Å². The highest BCUT2D eigenvalue weighted by atomic mass is 16.6. The molecule has 3 atom stereocenters. The topological polar surface area (TPSA) is 172 Å². The highest BCUT2D eigenvalue weighted by molar-refractivity contribution is 6.62. The van der Waals surface area contributed by atoms with Gasteiger partial charge in [-0.05, 0) is 31.5 Å². The van der Waals surface area contributed by atoms with Gasteiger partial charge >= 0.3 is 11.7 Å². The molecule has 1 unspecified atom stereocenters. The predicted octanol–water partition coefficient (Wildman–Crippen LogP) is 0.153. The molecule has 1 aromatic rings. The first-order valence-corrected chi connectivity index (χ1v) is 8.26. The van der Waals surface area contributed by atoms with Gasteiger partial charge in [0.15, 0.2) is 0 Å². The quantitative estimate of drug-likeness (QED) is 0.0929. The van der Waals surface area contributed by atoms with Gasteiger partial charge in [0.1, 0.15) is 6.61 Å². The average Bonchev–Trinajstić information content (AvgIpc) is 2.66. The van der Waals surface area contributed by atoms with Crippen molar-refractivity contribution in [3.8, 4) is 0 Å². The third-order valence-electron chi connectivity index (χ3n) is 4.85. The van der Waals surface area contributed by atoms with E-state index in [1.165, 1.54) is 38.1 Å². The van der Waals surface area contributed by atoms with Crippen LogP contribution in [0.1, 0.15) is 25.8 Å². The van der Waals surface area contributed by atoms with Crippen molar-refractivity contribution in [1.82, 2.24) is 5.32 Å². The van der Waals surface area contributed by atoms with E-state index in [1.54, 1.807) is 0 Å². The number of hydrogen-bond acceptors (Lipinski definition) is 7. The summed E-state index contributed by atoms with van der Waals surface area (Å²) < 4.78 is 4.90. The number of nitro groups is 1. The maximum Gasteiger partial charge on any atom is 0.441 e. The van der Waals surface area contributed by atoms with Gasteiger partial charge in [-0.25, -0.2) is 4.79 Å². The number of aliphatic hydroxyl groups is 1. The Morgan fingerprint density at radius 2 is 2.04 bits per heavy atom. The molecule has 0 spiro atoms. The fourth-order valence-electron chi connectivity index (χ4n) is 2.71. The van der Waals surface area contributed by atoms with E-state index < -0.39 is 45.9 Å². The summed E-state index contributed by atoms with van der Waals surface area (Å²) in [4.78, 5) is 48.7. The number of esters is 1. The number of benzene rings is 1. The van der Waals surface area contributed by atoms with Crippen LogP contribution in [-0.2, 0) is 25.7 Å². The smallest absolute Gasteiger partial charge is 0.441 e. The van der Waals surface area contributed by atoms with Crippen LogP contribution < -0.4 is 5.32 Å². The number of rotatable bonds is 8. The van der Waals surface area contributed by atoms with Crippen molar-refractivity contribution in [1.29, 1.82) is 0 Å². The van der Waals surface area contributed by atoms with Gasteiger partial charge in [-0.3, -0.25) is 19.7 Å². The number of aliphatic hydroxyl groups excluding tert-OH is 1. The minimum atomic E-state index is -1.20. The van der Waals surface area contributed by atoms with Gasteiger partial charge in [0.25, 0.3) is 11.5 Å². The Hall–Kier alpha value is -3.43. The van der Waals surface area contributed by atoms with Gasteiger partial charge in [-0.15, -0.1) is 0 Å². The number of nitrogens with one attached hydrogen (secondary N) is 1. The lowest BCUT2D eigenvalue weighted by atomic mass is 9.68. The van der Waals surface area contributed by atoms with Gasteiger partial charge in [-0.1, -0.05) is 0 Å². The maximum atomic E-state index is 12.3. The van der Waals surface area contributed by atoms with Crippen molar-refractivity contribution in [3.63, 3.8) is 0 Å². The lowest BCUT2D eigenvalue weighted by molar-refractivity contribution is -0.384. The second-order valence-electron chi connectivity index (χ2n) is 6.56. The SMILES string of the molecule is C[C@@H](O)[C@@]1(C)C(=O)NC1CC(=O)C(=[N+]=[N-])C(=O)OCc1ccc([N+](=O)[O-])cc1. The first kappa shape index (κ1) is 20.9. The van der Waals surface area contributed by atoms with Crippen LogP contribution in [0, 0.1) is 15.5 Å². The normalized spacial score (nSPS) is 21.5. The number of ether oxygens (including phenoxy) is 1. The van der Waals surface area contributed by atoms with E-state index in [2.05, 4.69) is 10.1 Å². The molecule has 0 aliphatic carbocycles. The van der Waals surface area contributed by atoms with Crippen molar-refractivity contribution >= 4 is 29.1 Å². The summed E-state index contributed by atoms with van der Waals surface area (Å²) in [5, 5.41) is 22.8. The van der Waals surface area contributed by atoms with Crippen LogP contribution in [0.3, 0.4) is 0 Å². The zero-order chi connectivity index (χ0) is 21.1. The molecule has 1 aliphatic rings. The molecule has 1 fully saturated rings. The van der Waals surface area contributed by atoms with Crippen molar-refractivity contribution in [2.45, 2.75) is 39.0 Å². The van der Waals surface area contributed by atoms with Crippen molar-refractivity contribution in [2.24, 2.45) is 5.41 Å². The Balaban J connectivity index is 1.98. The van der Waals surface area contributed by atoms with E-state index in [1.807, 2.05) is 0 Å². The van der Waals surface area contributed by atoms with E-state index in [9.17, 15) is 29.6 Å². The largest absolute Gasteiger partial charge is 0.452 e. The van der Waals surface area contributed by atoms with Crippen LogP contribution in [-0.4, -0.2) is 50.3 Å². The van der Waals surface area contributed by atoms with E-state index in [0.29, 0.717) is 5.56 Å². The Morgan fingerprint density at radius 1 is 1.43 bits per heavy atom. The molecule has 2 rings (SSSR count). The van der Waals surface area contributed by atoms with Crippen LogP contribution in [0.5, 0.6) is 0 Å². The first-order chi connectivity index (χ1) is 13.1. The van der Waals surface area contributed by atoms with Crippen LogP contribution >= 0.6 is 0 Å². The van der Waals surface area contributed by atoms with Crippen LogP contribution in [0.4, 0.5) is 5.69 Å². The molecular weight excluding hydrogens is 372 g/mol. The first-order valence-electron chi connectivity index (χ1n) is 8.26. The van der Waals surface area contributed by atoms with Gasteiger partial charge in [-0.2, -0.15) is 4.79 Å². The molecule has 28 heavy (non-hydrogen) atoms. The number of Topliss-reactive ketones (excluding diaryl/α,β-unsaturated/α-hetero) is 1. The summed E-state index contributed by atoms with van der Waals surface area (Å²) in [6.07, 6.45) is -1.39. The van der Waals surface area contributed by atoms with Gasteiger partial charge in [0, 0.05) is 18.6 Å². The molecule has 1 heterocycles. The Labute approximate surface area is 159 Å². The highest BCUT2D eigenvalue weighted by Crippen LogP contribution is 2.36. The molecule has 0 bridgehead atoms. The second-order valence-corrected chi connectivity index (χ2v) is 6.56. The van der Waals surface area contributed by atoms with Gasteiger partial charge in [0.2, 0.25) is 5.91 Å². The standard InChI is InChI=1S/C17H18N4O7/c1-9(22)17(2)13(19-16(17)25)7-12(23)14(20-18)15(24)28-8-10-3-5-11(6-4-10)21(26)27/h3-6,9,13,22H,7-8H2,1-2H3,(H,19,25)/t9-,13?,17-/m1/s1. The number of carbonyl (C=O) groups is 3. The minimum Gasteiger partial charge on any atom is -0.452 e. The van der Waals surface area contributed by atoms with Crippen molar-refractivity contribution in [2.75, 3.05) is 0 Å². The monoisotopic (exact) mass is 390 g/mol. The zero-order valence-electron chi connectivity index (χ0n) is 15.1. The molecule has 0 radical (unpaired) electrons. The number of carbonyl (C=O) groups excluding carboxylic acids is 3. The molecule has 1 aromatic carbocycles. The number of β-lactam (4-membered cyclic amide) rings is 1. The summed E-state index contributed by atoms with van der Waals surface area (Å²) in [6, 6.07) is 4.48. The van der Waals surface area contributed by atoms with Crippen LogP contribution in [0.15, 0.2) is 24.3 Å². The number of hydrogen-bond donors (Lipinski definition) is 2. The fourth-order valence-corrected chi connectivity index (χ4v) is 2.71. The number of nitro benzene ring substituents is 1. The fraction of sp³-hybridized carbons (Fsp3) is 0.412. The lowest BCUT2D eigenvalue weighted by Gasteiger charge is -2.47. The molecule has 148 valence electrons. The number of ketones is 1. The van der Waals surface area contributed by atoms with E-state index >= 15 is 0 Å². The molecule has 1 saturated heterocycles. The summed E-state index contributed by atoms with van der Waals surface area (Å²) in [5.41, 5.74) is 7.26. The third-order valence-corrected chi connectivity index (χ3v) is 4.85. The molecular formula is C17H18N4O7. The Kier molecular flexibility index (Phi) is 6.02. The summed E-state index contributed by atoms with van der Waals surface area (Å²) in [7, 11) is 0. The number of amides is 1. The zero-order valence-corrected chi connectivity index (χ0v) is 15.1. The molecule has 1 amide bonds. The Bertz CT molecular complexity index is 874. The number of non-ortho nitro benzene ring substituents is 1. The van der Waals surface area contributed by atoms with E-state index in [-0.39, 0.29) is 18.7 Å². The summed E-state index contributed by atoms with van der Waals surface area (Å²) in [6.45, 7) is 2.60. The molecule has 0 saturated carbocycles. The molecule has 11 nitrogen and oxygen atoms in total.